The molecule has 3 rings (SSSR count). The molecule has 0 aliphatic carbocycles. The van der Waals surface area contributed by atoms with Crippen LogP contribution >= 0.6 is 15.9 Å². The number of aromatic nitrogens is 1. The zero-order valence-electron chi connectivity index (χ0n) is 11.6. The Morgan fingerprint density at radius 3 is 2.67 bits per heavy atom. The molecular formula is C16H16BrN3O. The van der Waals surface area contributed by atoms with Gasteiger partial charge in [-0.2, -0.15) is 0 Å². The number of hydrogen-bond acceptors (Lipinski definition) is 3. The summed E-state index contributed by atoms with van der Waals surface area (Å²) in [5, 5.41) is 3.29. The van der Waals surface area contributed by atoms with Crippen LogP contribution in [0.25, 0.3) is 0 Å². The minimum Gasteiger partial charge on any atom is -0.355 e. The van der Waals surface area contributed by atoms with E-state index in [2.05, 4.69) is 26.2 Å². The van der Waals surface area contributed by atoms with Crippen LogP contribution in [0.4, 0.5) is 11.4 Å². The SMILES string of the molecule is O=C(c1cc(Nc2cccc(Br)c2)ccn1)N1CCCC1. The average Bonchev–Trinajstić information content (AvgIpc) is 3.01. The number of carbonyl (C=O) groups is 1. The molecule has 0 saturated carbocycles. The fourth-order valence-electron chi connectivity index (χ4n) is 2.44. The van der Waals surface area contributed by atoms with Gasteiger partial charge in [0.2, 0.25) is 0 Å². The van der Waals surface area contributed by atoms with Crippen molar-refractivity contribution in [1.29, 1.82) is 0 Å². The number of nitrogens with zero attached hydrogens (tertiary/aromatic N) is 2. The van der Waals surface area contributed by atoms with Gasteiger partial charge in [-0.3, -0.25) is 9.78 Å². The normalized spacial score (nSPS) is 14.2. The highest BCUT2D eigenvalue weighted by Crippen LogP contribution is 2.21. The molecule has 2 heterocycles. The number of amides is 1. The monoisotopic (exact) mass is 345 g/mol. The van der Waals surface area contributed by atoms with Gasteiger partial charge in [0, 0.05) is 35.1 Å². The van der Waals surface area contributed by atoms with Crippen molar-refractivity contribution in [3.05, 3.63) is 52.8 Å². The third-order valence-corrected chi connectivity index (χ3v) is 3.98. The van der Waals surface area contributed by atoms with Crippen molar-refractivity contribution < 1.29 is 4.79 Å². The van der Waals surface area contributed by atoms with Crippen molar-refractivity contribution in [3.8, 4) is 0 Å². The largest absolute Gasteiger partial charge is 0.355 e. The molecule has 1 aliphatic rings. The molecule has 1 aromatic carbocycles. The first-order valence-electron chi connectivity index (χ1n) is 7.00. The molecule has 0 radical (unpaired) electrons. The molecule has 21 heavy (non-hydrogen) atoms. The van der Waals surface area contributed by atoms with Crippen molar-refractivity contribution in [2.24, 2.45) is 0 Å². The van der Waals surface area contributed by atoms with Gasteiger partial charge in [-0.1, -0.05) is 22.0 Å². The van der Waals surface area contributed by atoms with Crippen LogP contribution < -0.4 is 5.32 Å². The number of halogens is 1. The number of pyridine rings is 1. The van der Waals surface area contributed by atoms with E-state index >= 15 is 0 Å². The van der Waals surface area contributed by atoms with Gasteiger partial charge in [-0.25, -0.2) is 0 Å². The molecule has 2 aromatic rings. The van der Waals surface area contributed by atoms with Gasteiger partial charge in [0.15, 0.2) is 0 Å². The van der Waals surface area contributed by atoms with Gasteiger partial charge in [0.05, 0.1) is 0 Å². The van der Waals surface area contributed by atoms with Gasteiger partial charge < -0.3 is 10.2 Å². The summed E-state index contributed by atoms with van der Waals surface area (Å²) in [4.78, 5) is 18.4. The maximum atomic E-state index is 12.3. The van der Waals surface area contributed by atoms with E-state index < -0.39 is 0 Å². The smallest absolute Gasteiger partial charge is 0.272 e. The fourth-order valence-corrected chi connectivity index (χ4v) is 2.84. The first kappa shape index (κ1) is 14.1. The Labute approximate surface area is 132 Å². The van der Waals surface area contributed by atoms with E-state index in [0.29, 0.717) is 5.69 Å². The number of benzene rings is 1. The quantitative estimate of drug-likeness (QED) is 0.919. The van der Waals surface area contributed by atoms with E-state index in [1.165, 1.54) is 0 Å². The summed E-state index contributed by atoms with van der Waals surface area (Å²) in [6.07, 6.45) is 3.84. The summed E-state index contributed by atoms with van der Waals surface area (Å²) in [7, 11) is 0. The van der Waals surface area contributed by atoms with E-state index in [-0.39, 0.29) is 5.91 Å². The number of anilines is 2. The Hall–Kier alpha value is -1.88. The van der Waals surface area contributed by atoms with Crippen molar-refractivity contribution >= 4 is 33.2 Å². The molecule has 1 amide bonds. The first-order valence-corrected chi connectivity index (χ1v) is 7.79. The highest BCUT2D eigenvalue weighted by atomic mass is 79.9. The summed E-state index contributed by atoms with van der Waals surface area (Å²) in [6, 6.07) is 11.6. The highest BCUT2D eigenvalue weighted by Gasteiger charge is 2.20. The van der Waals surface area contributed by atoms with Gasteiger partial charge >= 0.3 is 0 Å². The van der Waals surface area contributed by atoms with Gasteiger partial charge in [-0.15, -0.1) is 0 Å². The van der Waals surface area contributed by atoms with Crippen LogP contribution in [0.5, 0.6) is 0 Å². The molecule has 0 unspecified atom stereocenters. The lowest BCUT2D eigenvalue weighted by Gasteiger charge is -2.15. The van der Waals surface area contributed by atoms with Crippen LogP contribution in [-0.2, 0) is 0 Å². The Kier molecular flexibility index (Phi) is 4.20. The summed E-state index contributed by atoms with van der Waals surface area (Å²) in [6.45, 7) is 1.67. The van der Waals surface area contributed by atoms with E-state index in [9.17, 15) is 4.79 Å². The lowest BCUT2D eigenvalue weighted by Crippen LogP contribution is -2.28. The Bertz CT molecular complexity index is 653. The number of carbonyl (C=O) groups excluding carboxylic acids is 1. The standard InChI is InChI=1S/C16H16BrN3O/c17-12-4-3-5-13(10-12)19-14-6-7-18-15(11-14)16(21)20-8-1-2-9-20/h3-7,10-11H,1-2,8-9H2,(H,18,19). The van der Waals surface area contributed by atoms with E-state index in [1.54, 1.807) is 6.20 Å². The van der Waals surface area contributed by atoms with Crippen molar-refractivity contribution in [1.82, 2.24) is 9.88 Å². The highest BCUT2D eigenvalue weighted by molar-refractivity contribution is 9.10. The predicted octanol–water partition coefficient (Wildman–Crippen LogP) is 3.82. The molecule has 108 valence electrons. The fraction of sp³-hybridized carbons (Fsp3) is 0.250. The zero-order chi connectivity index (χ0) is 14.7. The van der Waals surface area contributed by atoms with Gasteiger partial charge in [0.25, 0.3) is 5.91 Å². The van der Waals surface area contributed by atoms with Gasteiger partial charge in [0.1, 0.15) is 5.69 Å². The van der Waals surface area contributed by atoms with Crippen LogP contribution in [0.2, 0.25) is 0 Å². The van der Waals surface area contributed by atoms with Crippen LogP contribution in [0, 0.1) is 0 Å². The molecule has 4 nitrogen and oxygen atoms in total. The molecule has 5 heteroatoms. The second-order valence-electron chi connectivity index (χ2n) is 5.06. The molecule has 0 atom stereocenters. The summed E-state index contributed by atoms with van der Waals surface area (Å²) < 4.78 is 1.01. The Morgan fingerprint density at radius 2 is 1.90 bits per heavy atom. The Morgan fingerprint density at radius 1 is 1.14 bits per heavy atom. The van der Waals surface area contributed by atoms with Crippen LogP contribution in [0.3, 0.4) is 0 Å². The maximum absolute atomic E-state index is 12.3. The molecule has 0 spiro atoms. The number of hydrogen-bond donors (Lipinski definition) is 1. The van der Waals surface area contributed by atoms with Crippen molar-refractivity contribution in [3.63, 3.8) is 0 Å². The molecular weight excluding hydrogens is 330 g/mol. The number of rotatable bonds is 3. The summed E-state index contributed by atoms with van der Waals surface area (Å²) in [5.74, 6) is 0.0189. The third kappa shape index (κ3) is 3.42. The van der Waals surface area contributed by atoms with Crippen LogP contribution in [0.15, 0.2) is 47.1 Å². The molecule has 1 N–H and O–H groups in total. The van der Waals surface area contributed by atoms with Gasteiger partial charge in [-0.05, 0) is 43.2 Å². The van der Waals surface area contributed by atoms with Crippen LogP contribution in [0.1, 0.15) is 23.3 Å². The van der Waals surface area contributed by atoms with Crippen molar-refractivity contribution in [2.75, 3.05) is 18.4 Å². The summed E-state index contributed by atoms with van der Waals surface area (Å²) >= 11 is 3.44. The Balaban J connectivity index is 1.78. The third-order valence-electron chi connectivity index (χ3n) is 3.49. The number of likely N-dealkylation sites (tertiary alicyclic amines) is 1. The molecule has 1 aliphatic heterocycles. The second kappa shape index (κ2) is 6.26. The van der Waals surface area contributed by atoms with E-state index in [0.717, 1.165) is 41.8 Å². The van der Waals surface area contributed by atoms with E-state index in [4.69, 9.17) is 0 Å². The maximum Gasteiger partial charge on any atom is 0.272 e. The lowest BCUT2D eigenvalue weighted by atomic mass is 10.2. The molecule has 1 aromatic heterocycles. The van der Waals surface area contributed by atoms with E-state index in [1.807, 2.05) is 41.3 Å². The zero-order valence-corrected chi connectivity index (χ0v) is 13.1. The molecule has 1 saturated heterocycles. The topological polar surface area (TPSA) is 45.2 Å². The molecule has 1 fully saturated rings. The lowest BCUT2D eigenvalue weighted by molar-refractivity contribution is 0.0787. The first-order chi connectivity index (χ1) is 10.2. The number of nitrogens with one attached hydrogen (secondary N) is 1. The minimum atomic E-state index is 0.0189. The second-order valence-corrected chi connectivity index (χ2v) is 5.98. The molecule has 0 bridgehead atoms. The summed E-state index contributed by atoms with van der Waals surface area (Å²) in [5.41, 5.74) is 2.33. The average molecular weight is 346 g/mol. The van der Waals surface area contributed by atoms with Crippen molar-refractivity contribution in [2.45, 2.75) is 12.8 Å². The minimum absolute atomic E-state index is 0.0189. The van der Waals surface area contributed by atoms with Crippen LogP contribution in [-0.4, -0.2) is 28.9 Å². The predicted molar refractivity (Wildman–Crippen MR) is 86.8 cm³/mol.